The lowest BCUT2D eigenvalue weighted by Crippen LogP contribution is -2.49. The Kier molecular flexibility index (Phi) is 6.59. The number of morpholine rings is 1. The number of nitrogens with one attached hydrogen (secondary N) is 1. The number of methoxy groups -OCH3 is 1. The van der Waals surface area contributed by atoms with E-state index in [2.05, 4.69) is 22.1 Å². The quantitative estimate of drug-likeness (QED) is 0.818. The monoisotopic (exact) mass is 405 g/mol. The van der Waals surface area contributed by atoms with Gasteiger partial charge in [0, 0.05) is 19.2 Å². The molecule has 8 heteroatoms. The van der Waals surface area contributed by atoms with E-state index in [0.717, 1.165) is 11.3 Å². The van der Waals surface area contributed by atoms with Gasteiger partial charge in [0.25, 0.3) is 0 Å². The number of nitrogens with zero attached hydrogens (tertiary/aromatic N) is 2. The molecule has 1 aliphatic heterocycles. The van der Waals surface area contributed by atoms with Gasteiger partial charge in [0.15, 0.2) is 5.75 Å². The Bertz CT molecular complexity index is 816. The van der Waals surface area contributed by atoms with Crippen molar-refractivity contribution < 1.29 is 19.0 Å². The van der Waals surface area contributed by atoms with Crippen LogP contribution in [0.4, 0.5) is 10.6 Å². The number of amides is 1. The molecule has 0 aliphatic carbocycles. The molecule has 150 valence electrons. The van der Waals surface area contributed by atoms with Crippen molar-refractivity contribution >= 4 is 23.5 Å². The Morgan fingerprint density at radius 2 is 2.11 bits per heavy atom. The van der Waals surface area contributed by atoms with Gasteiger partial charge < -0.3 is 24.4 Å². The predicted octanol–water partition coefficient (Wildman–Crippen LogP) is 3.65. The molecular formula is C20H24ClN3O4. The normalized spacial score (nSPS) is 19.2. The van der Waals surface area contributed by atoms with Crippen LogP contribution in [0.2, 0.25) is 5.02 Å². The van der Waals surface area contributed by atoms with Crippen LogP contribution in [-0.2, 0) is 11.3 Å². The summed E-state index contributed by atoms with van der Waals surface area (Å²) in [6.45, 7) is 5.76. The summed E-state index contributed by atoms with van der Waals surface area (Å²) in [6, 6.07) is 9.25. The number of carbonyl (C=O) groups excluding carboxylic acids is 1. The standard InChI is InChI=1S/C20H24ClN3O4/c1-13-14(2)27-9-8-24(13)19-10-18(17(21)12-22-19)28-20(25)23-11-15-4-6-16(26-3)7-5-15/h4-7,10,12-14H,8-9,11H2,1-3H3,(H,23,25). The van der Waals surface area contributed by atoms with E-state index in [4.69, 9.17) is 25.8 Å². The SMILES string of the molecule is COc1ccc(CNC(=O)Oc2cc(N3CCOC(C)C3C)ncc2Cl)cc1. The highest BCUT2D eigenvalue weighted by atomic mass is 35.5. The van der Waals surface area contributed by atoms with Crippen LogP contribution in [0.25, 0.3) is 0 Å². The lowest BCUT2D eigenvalue weighted by Gasteiger charge is -2.38. The number of rotatable bonds is 5. The van der Waals surface area contributed by atoms with Gasteiger partial charge in [-0.3, -0.25) is 0 Å². The molecule has 0 radical (unpaired) electrons. The number of pyridine rings is 1. The maximum atomic E-state index is 12.2. The molecule has 2 atom stereocenters. The fourth-order valence-corrected chi connectivity index (χ4v) is 3.10. The van der Waals surface area contributed by atoms with Gasteiger partial charge in [0.05, 0.1) is 32.1 Å². The Labute approximate surface area is 169 Å². The smallest absolute Gasteiger partial charge is 0.412 e. The van der Waals surface area contributed by atoms with Gasteiger partial charge in [0.1, 0.15) is 16.6 Å². The molecule has 2 unspecified atom stereocenters. The molecule has 1 aromatic heterocycles. The van der Waals surface area contributed by atoms with Gasteiger partial charge in [-0.1, -0.05) is 23.7 Å². The van der Waals surface area contributed by atoms with E-state index >= 15 is 0 Å². The van der Waals surface area contributed by atoms with E-state index in [1.165, 1.54) is 6.20 Å². The molecule has 0 saturated carbocycles. The average Bonchev–Trinajstić information content (AvgIpc) is 2.70. The van der Waals surface area contributed by atoms with Gasteiger partial charge in [-0.2, -0.15) is 0 Å². The first-order chi connectivity index (χ1) is 13.5. The van der Waals surface area contributed by atoms with E-state index in [1.54, 1.807) is 13.2 Å². The zero-order valence-electron chi connectivity index (χ0n) is 16.1. The van der Waals surface area contributed by atoms with Gasteiger partial charge in [0.2, 0.25) is 0 Å². The van der Waals surface area contributed by atoms with Crippen molar-refractivity contribution in [3.63, 3.8) is 0 Å². The van der Waals surface area contributed by atoms with E-state index in [1.807, 2.05) is 31.2 Å². The zero-order chi connectivity index (χ0) is 20.1. The Hall–Kier alpha value is -2.51. The summed E-state index contributed by atoms with van der Waals surface area (Å²) >= 11 is 6.17. The van der Waals surface area contributed by atoms with Crippen molar-refractivity contribution in [3.8, 4) is 11.5 Å². The minimum Gasteiger partial charge on any atom is -0.497 e. The fourth-order valence-electron chi connectivity index (χ4n) is 2.96. The molecule has 1 aromatic carbocycles. The molecule has 2 heterocycles. The molecule has 1 aliphatic rings. The summed E-state index contributed by atoms with van der Waals surface area (Å²) in [4.78, 5) is 18.7. The molecule has 2 aromatic rings. The summed E-state index contributed by atoms with van der Waals surface area (Å²) in [6.07, 6.45) is 0.997. The van der Waals surface area contributed by atoms with Gasteiger partial charge in [-0.25, -0.2) is 9.78 Å². The summed E-state index contributed by atoms with van der Waals surface area (Å²) in [5.41, 5.74) is 0.926. The molecule has 0 bridgehead atoms. The predicted molar refractivity (Wildman–Crippen MR) is 107 cm³/mol. The van der Waals surface area contributed by atoms with Crippen LogP contribution < -0.4 is 19.7 Å². The van der Waals surface area contributed by atoms with E-state index < -0.39 is 6.09 Å². The second-order valence-electron chi connectivity index (χ2n) is 6.57. The van der Waals surface area contributed by atoms with Crippen LogP contribution in [0.1, 0.15) is 19.4 Å². The lowest BCUT2D eigenvalue weighted by atomic mass is 10.1. The molecule has 3 rings (SSSR count). The highest BCUT2D eigenvalue weighted by molar-refractivity contribution is 6.32. The van der Waals surface area contributed by atoms with Crippen molar-refractivity contribution in [2.75, 3.05) is 25.2 Å². The van der Waals surface area contributed by atoms with Crippen LogP contribution in [0, 0.1) is 0 Å². The summed E-state index contributed by atoms with van der Waals surface area (Å²) in [5, 5.41) is 2.99. The maximum absolute atomic E-state index is 12.2. The fraction of sp³-hybridized carbons (Fsp3) is 0.400. The van der Waals surface area contributed by atoms with Crippen LogP contribution >= 0.6 is 11.6 Å². The first kappa shape index (κ1) is 20.2. The number of ether oxygens (including phenoxy) is 3. The number of aromatic nitrogens is 1. The van der Waals surface area contributed by atoms with Crippen LogP contribution in [0.5, 0.6) is 11.5 Å². The van der Waals surface area contributed by atoms with Gasteiger partial charge in [-0.15, -0.1) is 0 Å². The molecular weight excluding hydrogens is 382 g/mol. The minimum atomic E-state index is -0.585. The third kappa shape index (κ3) is 4.85. The second kappa shape index (κ2) is 9.12. The molecule has 0 spiro atoms. The van der Waals surface area contributed by atoms with Crippen LogP contribution in [0.3, 0.4) is 0 Å². The molecule has 7 nitrogen and oxygen atoms in total. The number of anilines is 1. The highest BCUT2D eigenvalue weighted by Crippen LogP contribution is 2.30. The topological polar surface area (TPSA) is 72.9 Å². The first-order valence-corrected chi connectivity index (χ1v) is 9.48. The van der Waals surface area contributed by atoms with Crippen molar-refractivity contribution in [3.05, 3.63) is 47.1 Å². The Morgan fingerprint density at radius 1 is 1.36 bits per heavy atom. The highest BCUT2D eigenvalue weighted by Gasteiger charge is 2.27. The third-order valence-electron chi connectivity index (χ3n) is 4.78. The third-order valence-corrected chi connectivity index (χ3v) is 5.07. The van der Waals surface area contributed by atoms with Crippen molar-refractivity contribution in [1.29, 1.82) is 0 Å². The van der Waals surface area contributed by atoms with Crippen LogP contribution in [-0.4, -0.2) is 43.5 Å². The Balaban J connectivity index is 1.63. The largest absolute Gasteiger partial charge is 0.497 e. The van der Waals surface area contributed by atoms with Crippen molar-refractivity contribution in [2.24, 2.45) is 0 Å². The van der Waals surface area contributed by atoms with Gasteiger partial charge >= 0.3 is 6.09 Å². The number of hydrogen-bond acceptors (Lipinski definition) is 6. The molecule has 1 saturated heterocycles. The van der Waals surface area contributed by atoms with E-state index in [-0.39, 0.29) is 22.9 Å². The molecule has 1 fully saturated rings. The van der Waals surface area contributed by atoms with Gasteiger partial charge in [-0.05, 0) is 31.5 Å². The maximum Gasteiger partial charge on any atom is 0.412 e. The summed E-state index contributed by atoms with van der Waals surface area (Å²) < 4.78 is 16.2. The Morgan fingerprint density at radius 3 is 2.82 bits per heavy atom. The second-order valence-corrected chi connectivity index (χ2v) is 6.98. The lowest BCUT2D eigenvalue weighted by molar-refractivity contribution is 0.0281. The average molecular weight is 406 g/mol. The van der Waals surface area contributed by atoms with Crippen molar-refractivity contribution in [1.82, 2.24) is 10.3 Å². The van der Waals surface area contributed by atoms with E-state index in [0.29, 0.717) is 25.5 Å². The number of benzene rings is 1. The number of halogens is 1. The van der Waals surface area contributed by atoms with Crippen LogP contribution in [0.15, 0.2) is 36.5 Å². The molecule has 1 amide bonds. The molecule has 1 N–H and O–H groups in total. The minimum absolute atomic E-state index is 0.0865. The number of hydrogen-bond donors (Lipinski definition) is 1. The van der Waals surface area contributed by atoms with E-state index in [9.17, 15) is 4.79 Å². The molecule has 28 heavy (non-hydrogen) atoms. The first-order valence-electron chi connectivity index (χ1n) is 9.10. The number of carbonyl (C=O) groups is 1. The zero-order valence-corrected chi connectivity index (χ0v) is 16.9. The van der Waals surface area contributed by atoms with Crippen molar-refractivity contribution in [2.45, 2.75) is 32.5 Å². The summed E-state index contributed by atoms with van der Waals surface area (Å²) in [5.74, 6) is 1.73. The summed E-state index contributed by atoms with van der Waals surface area (Å²) in [7, 11) is 1.61.